The Balaban J connectivity index is 1.50. The zero-order chi connectivity index (χ0) is 21.5. The quantitative estimate of drug-likeness (QED) is 0.344. The predicted molar refractivity (Wildman–Crippen MR) is 135 cm³/mol. The van der Waals surface area contributed by atoms with Crippen molar-refractivity contribution in [2.45, 2.75) is 12.8 Å². The Morgan fingerprint density at radius 2 is 1.75 bits per heavy atom. The van der Waals surface area contributed by atoms with E-state index in [0.29, 0.717) is 0 Å². The topological polar surface area (TPSA) is 56.7 Å². The lowest BCUT2D eigenvalue weighted by Crippen LogP contribution is -2.00. The highest BCUT2D eigenvalue weighted by molar-refractivity contribution is 7.22. The molecule has 0 aliphatic rings. The summed E-state index contributed by atoms with van der Waals surface area (Å²) in [6.45, 7) is 0.717. The number of nitrogens with two attached hydrogens (primary N) is 1. The summed E-state index contributed by atoms with van der Waals surface area (Å²) in [7, 11) is 0. The van der Waals surface area contributed by atoms with Crippen LogP contribution in [0, 0.1) is 0 Å². The van der Waals surface area contributed by atoms with Gasteiger partial charge >= 0.3 is 0 Å². The lowest BCUT2D eigenvalue weighted by molar-refractivity contribution is 0.832. The Morgan fingerprint density at radius 3 is 2.59 bits per heavy atom. The van der Waals surface area contributed by atoms with E-state index in [1.54, 1.807) is 0 Å². The number of aromatic nitrogens is 3. The molecule has 32 heavy (non-hydrogen) atoms. The van der Waals surface area contributed by atoms with Crippen LogP contribution in [-0.4, -0.2) is 21.1 Å². The second-order valence-electron chi connectivity index (χ2n) is 8.05. The van der Waals surface area contributed by atoms with E-state index in [9.17, 15) is 0 Å². The summed E-state index contributed by atoms with van der Waals surface area (Å²) < 4.78 is 3.47. The van der Waals surface area contributed by atoms with Crippen LogP contribution >= 0.6 is 11.3 Å². The molecule has 0 fully saturated rings. The van der Waals surface area contributed by atoms with Crippen LogP contribution in [0.3, 0.4) is 0 Å². The molecular formula is C27H22N4S. The SMILES string of the molecule is NCCCc1ccc(-n2cnc3cnc4ccc(-c5cc6ccccc6s5)cc4c32)cc1. The summed E-state index contributed by atoms with van der Waals surface area (Å²) in [4.78, 5) is 10.6. The van der Waals surface area contributed by atoms with Crippen molar-refractivity contribution in [1.29, 1.82) is 0 Å². The van der Waals surface area contributed by atoms with Crippen molar-refractivity contribution in [1.82, 2.24) is 14.5 Å². The van der Waals surface area contributed by atoms with Crippen LogP contribution in [0.2, 0.25) is 0 Å². The van der Waals surface area contributed by atoms with Gasteiger partial charge < -0.3 is 5.73 Å². The summed E-state index contributed by atoms with van der Waals surface area (Å²) in [6, 6.07) is 26.0. The highest BCUT2D eigenvalue weighted by Crippen LogP contribution is 2.36. The van der Waals surface area contributed by atoms with Crippen molar-refractivity contribution in [3.8, 4) is 16.1 Å². The fraction of sp³-hybridized carbons (Fsp3) is 0.111. The Bertz CT molecular complexity index is 1530. The minimum absolute atomic E-state index is 0.717. The molecule has 6 aromatic rings. The first-order chi connectivity index (χ1) is 15.8. The number of rotatable bonds is 5. The molecular weight excluding hydrogens is 412 g/mol. The standard InChI is InChI=1S/C27H22N4S/c28-13-3-4-18-7-10-21(11-8-18)31-17-30-24-16-29-23-12-9-20(14-22(23)27(24)31)26-15-19-5-1-2-6-25(19)32-26/h1-2,5-12,14-17H,3-4,13,28H2. The monoisotopic (exact) mass is 434 g/mol. The molecule has 0 spiro atoms. The first kappa shape index (κ1) is 19.2. The Labute approximate surface area is 190 Å². The maximum Gasteiger partial charge on any atom is 0.108 e. The van der Waals surface area contributed by atoms with Gasteiger partial charge in [0.15, 0.2) is 0 Å². The lowest BCUT2D eigenvalue weighted by atomic mass is 10.1. The molecule has 0 saturated heterocycles. The van der Waals surface area contributed by atoms with Gasteiger partial charge in [-0.3, -0.25) is 9.55 Å². The van der Waals surface area contributed by atoms with Crippen LogP contribution in [0.4, 0.5) is 0 Å². The zero-order valence-corrected chi connectivity index (χ0v) is 18.3. The molecule has 5 heteroatoms. The second-order valence-corrected chi connectivity index (χ2v) is 9.13. The van der Waals surface area contributed by atoms with Crippen molar-refractivity contribution in [3.63, 3.8) is 0 Å². The van der Waals surface area contributed by atoms with Gasteiger partial charge in [0.1, 0.15) is 11.8 Å². The van der Waals surface area contributed by atoms with E-state index in [1.165, 1.54) is 26.1 Å². The molecule has 4 nitrogen and oxygen atoms in total. The van der Waals surface area contributed by atoms with Gasteiger partial charge in [0.05, 0.1) is 17.2 Å². The molecule has 2 N–H and O–H groups in total. The van der Waals surface area contributed by atoms with Gasteiger partial charge in [0.25, 0.3) is 0 Å². The van der Waals surface area contributed by atoms with Crippen molar-refractivity contribution in [2.75, 3.05) is 6.54 Å². The summed E-state index contributed by atoms with van der Waals surface area (Å²) in [5, 5.41) is 2.39. The highest BCUT2D eigenvalue weighted by Gasteiger charge is 2.12. The van der Waals surface area contributed by atoms with Gasteiger partial charge in [-0.05, 0) is 72.3 Å². The van der Waals surface area contributed by atoms with Gasteiger partial charge in [-0.15, -0.1) is 11.3 Å². The summed E-state index contributed by atoms with van der Waals surface area (Å²) >= 11 is 1.82. The molecule has 0 aliphatic heterocycles. The summed E-state index contributed by atoms with van der Waals surface area (Å²) in [6.07, 6.45) is 5.77. The fourth-order valence-corrected chi connectivity index (χ4v) is 5.36. The third-order valence-corrected chi connectivity index (χ3v) is 7.13. The zero-order valence-electron chi connectivity index (χ0n) is 17.5. The third kappa shape index (κ3) is 3.27. The van der Waals surface area contributed by atoms with E-state index in [0.717, 1.165) is 47.0 Å². The van der Waals surface area contributed by atoms with Crippen LogP contribution in [0.5, 0.6) is 0 Å². The van der Waals surface area contributed by atoms with Crippen molar-refractivity contribution < 1.29 is 0 Å². The molecule has 6 rings (SSSR count). The lowest BCUT2D eigenvalue weighted by Gasteiger charge is -2.09. The first-order valence-electron chi connectivity index (χ1n) is 10.8. The number of fused-ring (bicyclic) bond motifs is 4. The van der Waals surface area contributed by atoms with Crippen LogP contribution in [-0.2, 0) is 6.42 Å². The van der Waals surface area contributed by atoms with E-state index < -0.39 is 0 Å². The normalized spacial score (nSPS) is 11.7. The van der Waals surface area contributed by atoms with Crippen molar-refractivity contribution in [3.05, 3.63) is 90.9 Å². The third-order valence-electron chi connectivity index (χ3n) is 5.97. The largest absolute Gasteiger partial charge is 0.330 e. The maximum atomic E-state index is 5.66. The minimum atomic E-state index is 0.717. The molecule has 0 aliphatic carbocycles. The number of hydrogen-bond donors (Lipinski definition) is 1. The molecule has 0 bridgehead atoms. The molecule has 3 aromatic heterocycles. The molecule has 0 amide bonds. The van der Waals surface area contributed by atoms with Crippen LogP contribution in [0.25, 0.3) is 48.2 Å². The molecule has 3 aromatic carbocycles. The number of nitrogens with zero attached hydrogens (tertiary/aromatic N) is 3. The average molecular weight is 435 g/mol. The van der Waals surface area contributed by atoms with Crippen LogP contribution < -0.4 is 5.73 Å². The number of hydrogen-bond acceptors (Lipinski definition) is 4. The summed E-state index contributed by atoms with van der Waals surface area (Å²) in [5.74, 6) is 0. The van der Waals surface area contributed by atoms with E-state index in [4.69, 9.17) is 5.73 Å². The number of imidazole rings is 1. The Hall–Kier alpha value is -3.54. The van der Waals surface area contributed by atoms with Gasteiger partial charge in [0, 0.05) is 20.7 Å². The van der Waals surface area contributed by atoms with E-state index in [1.807, 2.05) is 23.9 Å². The molecule has 156 valence electrons. The van der Waals surface area contributed by atoms with Crippen molar-refractivity contribution in [2.24, 2.45) is 5.73 Å². The van der Waals surface area contributed by atoms with Crippen LogP contribution in [0.15, 0.2) is 85.3 Å². The molecule has 0 radical (unpaired) electrons. The van der Waals surface area contributed by atoms with E-state index in [-0.39, 0.29) is 0 Å². The minimum Gasteiger partial charge on any atom is -0.330 e. The number of thiophene rings is 1. The van der Waals surface area contributed by atoms with Gasteiger partial charge in [0.2, 0.25) is 0 Å². The first-order valence-corrected chi connectivity index (χ1v) is 11.7. The van der Waals surface area contributed by atoms with Crippen LogP contribution in [0.1, 0.15) is 12.0 Å². The highest BCUT2D eigenvalue weighted by atomic mass is 32.1. The molecule has 0 saturated carbocycles. The smallest absolute Gasteiger partial charge is 0.108 e. The number of pyridine rings is 1. The Kier molecular flexibility index (Phi) is 4.71. The number of benzene rings is 3. The Morgan fingerprint density at radius 1 is 0.875 bits per heavy atom. The van der Waals surface area contributed by atoms with Gasteiger partial charge in [-0.2, -0.15) is 0 Å². The van der Waals surface area contributed by atoms with Gasteiger partial charge in [-0.1, -0.05) is 36.4 Å². The van der Waals surface area contributed by atoms with Gasteiger partial charge in [-0.25, -0.2) is 4.98 Å². The van der Waals surface area contributed by atoms with E-state index >= 15 is 0 Å². The molecule has 3 heterocycles. The fourth-order valence-electron chi connectivity index (χ4n) is 4.30. The maximum absolute atomic E-state index is 5.66. The number of aryl methyl sites for hydroxylation is 1. The average Bonchev–Trinajstić information content (AvgIpc) is 3.47. The summed E-state index contributed by atoms with van der Waals surface area (Å²) in [5.41, 5.74) is 12.2. The second kappa shape index (κ2) is 7.86. The van der Waals surface area contributed by atoms with E-state index in [2.05, 4.69) is 87.3 Å². The predicted octanol–water partition coefficient (Wildman–Crippen LogP) is 6.35. The van der Waals surface area contributed by atoms with Crippen molar-refractivity contribution >= 4 is 43.4 Å². The molecule has 0 atom stereocenters. The molecule has 0 unspecified atom stereocenters.